The molecule has 6 nitrogen and oxygen atoms in total. The Labute approximate surface area is 182 Å². The van der Waals surface area contributed by atoms with E-state index in [1.165, 1.54) is 28.2 Å². The van der Waals surface area contributed by atoms with E-state index >= 15 is 0 Å². The fraction of sp³-hybridized carbons (Fsp3) is 0.227. The zero-order chi connectivity index (χ0) is 20.9. The topological polar surface area (TPSA) is 73.3 Å². The van der Waals surface area contributed by atoms with Crippen LogP contribution in [-0.2, 0) is 17.8 Å². The Morgan fingerprint density at radius 3 is 2.67 bits per heavy atom. The van der Waals surface area contributed by atoms with Crippen molar-refractivity contribution in [3.8, 4) is 11.5 Å². The average Bonchev–Trinajstić information content (AvgIpc) is 3.33. The SMILES string of the molecule is CCOc1ccc2nc(NC(=O)Cc3csc(COc4ccc(C)cc4)n3)sc2c1. The number of benzene rings is 2. The second-order valence-corrected chi connectivity index (χ2v) is 8.61. The summed E-state index contributed by atoms with van der Waals surface area (Å²) in [5, 5.41) is 6.16. The van der Waals surface area contributed by atoms with Crippen molar-refractivity contribution in [2.24, 2.45) is 0 Å². The van der Waals surface area contributed by atoms with Crippen molar-refractivity contribution >= 4 is 43.9 Å². The third-order valence-corrected chi connectivity index (χ3v) is 6.05. The van der Waals surface area contributed by atoms with Gasteiger partial charge in [0.15, 0.2) is 5.13 Å². The van der Waals surface area contributed by atoms with E-state index in [1.54, 1.807) is 0 Å². The minimum Gasteiger partial charge on any atom is -0.494 e. The summed E-state index contributed by atoms with van der Waals surface area (Å²) in [7, 11) is 0. The highest BCUT2D eigenvalue weighted by molar-refractivity contribution is 7.22. The summed E-state index contributed by atoms with van der Waals surface area (Å²) >= 11 is 2.91. The normalized spacial score (nSPS) is 10.9. The van der Waals surface area contributed by atoms with Crippen LogP contribution in [0.5, 0.6) is 11.5 Å². The van der Waals surface area contributed by atoms with E-state index in [2.05, 4.69) is 15.3 Å². The van der Waals surface area contributed by atoms with Gasteiger partial charge >= 0.3 is 0 Å². The molecule has 0 atom stereocenters. The molecule has 0 aliphatic rings. The van der Waals surface area contributed by atoms with Gasteiger partial charge in [0.05, 0.1) is 28.9 Å². The third-order valence-electron chi connectivity index (χ3n) is 4.24. The number of aromatic nitrogens is 2. The summed E-state index contributed by atoms with van der Waals surface area (Å²) in [5.41, 5.74) is 2.75. The van der Waals surface area contributed by atoms with Gasteiger partial charge < -0.3 is 14.8 Å². The van der Waals surface area contributed by atoms with Gasteiger partial charge in [-0.15, -0.1) is 11.3 Å². The minimum absolute atomic E-state index is 0.143. The van der Waals surface area contributed by atoms with E-state index < -0.39 is 0 Å². The smallest absolute Gasteiger partial charge is 0.232 e. The molecule has 0 unspecified atom stereocenters. The van der Waals surface area contributed by atoms with Crippen LogP contribution in [0.3, 0.4) is 0 Å². The Bertz CT molecular complexity index is 1150. The van der Waals surface area contributed by atoms with Crippen LogP contribution in [0.2, 0.25) is 0 Å². The zero-order valence-electron chi connectivity index (χ0n) is 16.7. The summed E-state index contributed by atoms with van der Waals surface area (Å²) in [5.74, 6) is 1.46. The maximum absolute atomic E-state index is 12.4. The highest BCUT2D eigenvalue weighted by Gasteiger charge is 2.12. The quantitative estimate of drug-likeness (QED) is 0.407. The molecule has 30 heavy (non-hydrogen) atoms. The fourth-order valence-corrected chi connectivity index (χ4v) is 4.43. The Balaban J connectivity index is 1.33. The number of ether oxygens (including phenoxy) is 2. The molecule has 0 saturated carbocycles. The van der Waals surface area contributed by atoms with Crippen molar-refractivity contribution in [3.63, 3.8) is 0 Å². The highest BCUT2D eigenvalue weighted by atomic mass is 32.1. The van der Waals surface area contributed by atoms with E-state index in [1.807, 2.05) is 61.7 Å². The minimum atomic E-state index is -0.143. The maximum Gasteiger partial charge on any atom is 0.232 e. The molecule has 2 aromatic heterocycles. The van der Waals surface area contributed by atoms with E-state index in [4.69, 9.17) is 9.47 Å². The predicted octanol–water partition coefficient (Wildman–Crippen LogP) is 5.22. The molecule has 0 bridgehead atoms. The summed E-state index contributed by atoms with van der Waals surface area (Å²) in [6, 6.07) is 13.6. The molecule has 0 aliphatic carbocycles. The number of aryl methyl sites for hydroxylation is 1. The number of fused-ring (bicyclic) bond motifs is 1. The van der Waals surface area contributed by atoms with Crippen molar-refractivity contribution < 1.29 is 14.3 Å². The highest BCUT2D eigenvalue weighted by Crippen LogP contribution is 2.29. The lowest BCUT2D eigenvalue weighted by Gasteiger charge is -2.03. The van der Waals surface area contributed by atoms with Gasteiger partial charge in [0.2, 0.25) is 5.91 Å². The molecular formula is C22H21N3O3S2. The first-order chi connectivity index (χ1) is 14.6. The lowest BCUT2D eigenvalue weighted by Crippen LogP contribution is -2.14. The second kappa shape index (κ2) is 9.23. The lowest BCUT2D eigenvalue weighted by molar-refractivity contribution is -0.115. The van der Waals surface area contributed by atoms with Gasteiger partial charge in [-0.2, -0.15) is 0 Å². The maximum atomic E-state index is 12.4. The zero-order valence-corrected chi connectivity index (χ0v) is 18.3. The molecule has 1 amide bonds. The molecule has 2 heterocycles. The molecule has 0 radical (unpaired) electrons. The summed E-state index contributed by atoms with van der Waals surface area (Å²) in [6.07, 6.45) is 0.196. The molecular weight excluding hydrogens is 418 g/mol. The molecule has 8 heteroatoms. The van der Waals surface area contributed by atoms with E-state index in [9.17, 15) is 4.79 Å². The number of nitrogens with one attached hydrogen (secondary N) is 1. The van der Waals surface area contributed by atoms with Crippen LogP contribution in [0.1, 0.15) is 23.2 Å². The molecule has 2 aromatic carbocycles. The van der Waals surface area contributed by atoms with E-state index in [0.29, 0.717) is 18.3 Å². The first-order valence-corrected chi connectivity index (χ1v) is 11.2. The largest absolute Gasteiger partial charge is 0.494 e. The summed E-state index contributed by atoms with van der Waals surface area (Å²) in [6.45, 7) is 4.98. The molecule has 1 N–H and O–H groups in total. The van der Waals surface area contributed by atoms with Gasteiger partial charge in [-0.25, -0.2) is 9.97 Å². The number of hydrogen-bond acceptors (Lipinski definition) is 7. The number of nitrogens with zero attached hydrogens (tertiary/aromatic N) is 2. The van der Waals surface area contributed by atoms with Gasteiger partial charge in [0.25, 0.3) is 0 Å². The van der Waals surface area contributed by atoms with Crippen LogP contribution < -0.4 is 14.8 Å². The molecule has 4 aromatic rings. The monoisotopic (exact) mass is 439 g/mol. The lowest BCUT2D eigenvalue weighted by atomic mass is 10.2. The van der Waals surface area contributed by atoms with E-state index in [-0.39, 0.29) is 12.3 Å². The number of rotatable bonds is 8. The number of carbonyl (C=O) groups excluding carboxylic acids is 1. The molecule has 0 aliphatic heterocycles. The third kappa shape index (κ3) is 5.14. The van der Waals surface area contributed by atoms with Crippen LogP contribution in [0, 0.1) is 6.92 Å². The Morgan fingerprint density at radius 1 is 1.07 bits per heavy atom. The number of anilines is 1. The van der Waals surface area contributed by atoms with Crippen molar-refractivity contribution in [3.05, 3.63) is 64.1 Å². The number of hydrogen-bond donors (Lipinski definition) is 1. The standard InChI is InChI=1S/C22H21N3O3S2/c1-3-27-17-8-9-18-19(11-17)30-22(24-18)25-20(26)10-15-13-29-21(23-15)12-28-16-6-4-14(2)5-7-16/h4-9,11,13H,3,10,12H2,1-2H3,(H,24,25,26). The molecule has 154 valence electrons. The first-order valence-electron chi connectivity index (χ1n) is 9.55. The molecule has 4 rings (SSSR count). The van der Waals surface area contributed by atoms with Crippen LogP contribution in [0.4, 0.5) is 5.13 Å². The molecule has 0 fully saturated rings. The van der Waals surface area contributed by atoms with E-state index in [0.717, 1.165) is 32.4 Å². The molecule has 0 saturated heterocycles. The van der Waals surface area contributed by atoms with Crippen LogP contribution in [0.15, 0.2) is 47.8 Å². The number of thiazole rings is 2. The van der Waals surface area contributed by atoms with Crippen LogP contribution in [-0.4, -0.2) is 22.5 Å². The average molecular weight is 440 g/mol. The number of amides is 1. The second-order valence-electron chi connectivity index (χ2n) is 6.64. The number of carbonyl (C=O) groups is 1. The van der Waals surface area contributed by atoms with Crippen LogP contribution >= 0.6 is 22.7 Å². The van der Waals surface area contributed by atoms with Crippen molar-refractivity contribution in [2.75, 3.05) is 11.9 Å². The van der Waals surface area contributed by atoms with Gasteiger partial charge in [-0.3, -0.25) is 4.79 Å². The first kappa shape index (κ1) is 20.3. The Morgan fingerprint density at radius 2 is 1.87 bits per heavy atom. The molecule has 0 spiro atoms. The van der Waals surface area contributed by atoms with Gasteiger partial charge in [-0.05, 0) is 44.2 Å². The predicted molar refractivity (Wildman–Crippen MR) is 121 cm³/mol. The van der Waals surface area contributed by atoms with Gasteiger partial charge in [0.1, 0.15) is 23.1 Å². The van der Waals surface area contributed by atoms with Crippen molar-refractivity contribution in [1.82, 2.24) is 9.97 Å². The van der Waals surface area contributed by atoms with Gasteiger partial charge in [0, 0.05) is 5.38 Å². The summed E-state index contributed by atoms with van der Waals surface area (Å²) < 4.78 is 12.2. The Hall–Kier alpha value is -2.97. The van der Waals surface area contributed by atoms with Gasteiger partial charge in [-0.1, -0.05) is 29.0 Å². The Kier molecular flexibility index (Phi) is 6.25. The van der Waals surface area contributed by atoms with Crippen molar-refractivity contribution in [1.29, 1.82) is 0 Å². The van der Waals surface area contributed by atoms with Crippen LogP contribution in [0.25, 0.3) is 10.2 Å². The fourth-order valence-electron chi connectivity index (χ4n) is 2.82. The van der Waals surface area contributed by atoms with Crippen molar-refractivity contribution in [2.45, 2.75) is 26.9 Å². The summed E-state index contributed by atoms with van der Waals surface area (Å²) in [4.78, 5) is 21.4.